The lowest BCUT2D eigenvalue weighted by molar-refractivity contribution is -0.190. The third-order valence-electron chi connectivity index (χ3n) is 2.91. The van der Waals surface area contributed by atoms with Crippen molar-refractivity contribution in [3.63, 3.8) is 0 Å². The number of hydrogen-bond donors (Lipinski definition) is 1. The van der Waals surface area contributed by atoms with Crippen molar-refractivity contribution in [2.45, 2.75) is 64.3 Å². The summed E-state index contributed by atoms with van der Waals surface area (Å²) >= 11 is 0. The molecule has 15 heavy (non-hydrogen) atoms. The van der Waals surface area contributed by atoms with E-state index < -0.39 is 0 Å². The first kappa shape index (κ1) is 12.9. The van der Waals surface area contributed by atoms with Crippen molar-refractivity contribution in [2.75, 3.05) is 13.2 Å². The fraction of sp³-hybridized carbons (Fsp3) is 1.00. The maximum Gasteiger partial charge on any atom is 0.110 e. The van der Waals surface area contributed by atoms with Gasteiger partial charge >= 0.3 is 0 Å². The zero-order valence-electron chi connectivity index (χ0n) is 9.95. The first-order chi connectivity index (χ1) is 7.29. The van der Waals surface area contributed by atoms with Gasteiger partial charge in [0, 0.05) is 19.6 Å². The average Bonchev–Trinajstić information content (AvgIpc) is 2.24. The van der Waals surface area contributed by atoms with E-state index in [0.717, 1.165) is 19.4 Å². The summed E-state index contributed by atoms with van der Waals surface area (Å²) in [6.45, 7) is 5.61. The van der Waals surface area contributed by atoms with Crippen LogP contribution in [0.2, 0.25) is 0 Å². The SMILES string of the molecule is CCCCCCOC1CC(O)C1OCC. The Hall–Kier alpha value is -0.120. The zero-order chi connectivity index (χ0) is 11.1. The molecule has 1 N–H and O–H groups in total. The Kier molecular flexibility index (Phi) is 6.22. The molecule has 0 aromatic rings. The molecule has 1 fully saturated rings. The van der Waals surface area contributed by atoms with E-state index in [1.165, 1.54) is 19.3 Å². The van der Waals surface area contributed by atoms with Crippen molar-refractivity contribution in [3.05, 3.63) is 0 Å². The second-order valence-corrected chi connectivity index (χ2v) is 4.19. The number of ether oxygens (including phenoxy) is 2. The monoisotopic (exact) mass is 216 g/mol. The maximum absolute atomic E-state index is 9.44. The molecule has 3 nitrogen and oxygen atoms in total. The molecule has 0 spiro atoms. The summed E-state index contributed by atoms with van der Waals surface area (Å²) in [4.78, 5) is 0. The van der Waals surface area contributed by atoms with Crippen LogP contribution >= 0.6 is 0 Å². The maximum atomic E-state index is 9.44. The lowest BCUT2D eigenvalue weighted by atomic mass is 9.88. The van der Waals surface area contributed by atoms with Gasteiger partial charge in [-0.3, -0.25) is 0 Å². The van der Waals surface area contributed by atoms with Crippen LogP contribution in [0.5, 0.6) is 0 Å². The van der Waals surface area contributed by atoms with Crippen molar-refractivity contribution in [2.24, 2.45) is 0 Å². The molecular formula is C12H24O3. The summed E-state index contributed by atoms with van der Waals surface area (Å²) in [5, 5.41) is 9.44. The Bertz CT molecular complexity index is 161. The number of aliphatic hydroxyl groups excluding tert-OH is 1. The smallest absolute Gasteiger partial charge is 0.110 e. The highest BCUT2D eigenvalue weighted by molar-refractivity contribution is 4.91. The van der Waals surface area contributed by atoms with E-state index in [1.54, 1.807) is 0 Å². The Morgan fingerprint density at radius 2 is 1.93 bits per heavy atom. The van der Waals surface area contributed by atoms with Crippen LogP contribution in [0.4, 0.5) is 0 Å². The molecule has 0 aromatic carbocycles. The average molecular weight is 216 g/mol. The molecule has 0 saturated heterocycles. The van der Waals surface area contributed by atoms with Gasteiger partial charge in [0.05, 0.1) is 12.2 Å². The van der Waals surface area contributed by atoms with Gasteiger partial charge in [-0.05, 0) is 13.3 Å². The summed E-state index contributed by atoms with van der Waals surface area (Å²) in [6, 6.07) is 0. The van der Waals surface area contributed by atoms with Gasteiger partial charge in [0.2, 0.25) is 0 Å². The summed E-state index contributed by atoms with van der Waals surface area (Å²) in [6.07, 6.45) is 5.37. The van der Waals surface area contributed by atoms with E-state index in [-0.39, 0.29) is 18.3 Å². The third-order valence-corrected chi connectivity index (χ3v) is 2.91. The molecule has 0 radical (unpaired) electrons. The molecular weight excluding hydrogens is 192 g/mol. The molecule has 0 aliphatic heterocycles. The van der Waals surface area contributed by atoms with Gasteiger partial charge in [0.1, 0.15) is 6.10 Å². The molecule has 0 amide bonds. The van der Waals surface area contributed by atoms with Crippen molar-refractivity contribution in [1.29, 1.82) is 0 Å². The zero-order valence-corrected chi connectivity index (χ0v) is 9.95. The highest BCUT2D eigenvalue weighted by Crippen LogP contribution is 2.27. The van der Waals surface area contributed by atoms with E-state index in [4.69, 9.17) is 9.47 Å². The van der Waals surface area contributed by atoms with Crippen LogP contribution in [-0.2, 0) is 9.47 Å². The fourth-order valence-corrected chi connectivity index (χ4v) is 1.90. The highest BCUT2D eigenvalue weighted by atomic mass is 16.6. The molecule has 1 rings (SSSR count). The van der Waals surface area contributed by atoms with Crippen molar-refractivity contribution in [3.8, 4) is 0 Å². The van der Waals surface area contributed by atoms with Crippen LogP contribution in [0, 0.1) is 0 Å². The predicted octanol–water partition coefficient (Wildman–Crippen LogP) is 2.12. The fourth-order valence-electron chi connectivity index (χ4n) is 1.90. The number of rotatable bonds is 8. The minimum absolute atomic E-state index is 0.0822. The largest absolute Gasteiger partial charge is 0.390 e. The van der Waals surface area contributed by atoms with Crippen LogP contribution < -0.4 is 0 Å². The molecule has 1 saturated carbocycles. The summed E-state index contributed by atoms with van der Waals surface area (Å²) in [5.74, 6) is 0. The second-order valence-electron chi connectivity index (χ2n) is 4.19. The van der Waals surface area contributed by atoms with Gasteiger partial charge in [-0.25, -0.2) is 0 Å². The van der Waals surface area contributed by atoms with Gasteiger partial charge < -0.3 is 14.6 Å². The summed E-state index contributed by atoms with van der Waals surface area (Å²) in [5.41, 5.74) is 0. The van der Waals surface area contributed by atoms with E-state index in [9.17, 15) is 5.11 Å². The minimum atomic E-state index is -0.314. The molecule has 90 valence electrons. The van der Waals surface area contributed by atoms with Crippen LogP contribution in [0.3, 0.4) is 0 Å². The van der Waals surface area contributed by atoms with Crippen LogP contribution in [0.25, 0.3) is 0 Å². The normalized spacial score (nSPS) is 30.2. The molecule has 0 heterocycles. The van der Waals surface area contributed by atoms with E-state index in [1.807, 2.05) is 6.92 Å². The quantitative estimate of drug-likeness (QED) is 0.632. The molecule has 3 unspecified atom stereocenters. The molecule has 1 aliphatic rings. The van der Waals surface area contributed by atoms with Crippen LogP contribution in [0.15, 0.2) is 0 Å². The number of unbranched alkanes of at least 4 members (excludes halogenated alkanes) is 3. The van der Waals surface area contributed by atoms with E-state index in [2.05, 4.69) is 6.92 Å². The summed E-state index contributed by atoms with van der Waals surface area (Å²) in [7, 11) is 0. The molecule has 3 heteroatoms. The van der Waals surface area contributed by atoms with Crippen LogP contribution in [0.1, 0.15) is 46.0 Å². The standard InChI is InChI=1S/C12H24O3/c1-3-5-6-7-8-15-11-9-10(13)12(11)14-4-2/h10-13H,3-9H2,1-2H3. The van der Waals surface area contributed by atoms with Gasteiger partial charge in [0.15, 0.2) is 0 Å². The Morgan fingerprint density at radius 3 is 2.53 bits per heavy atom. The number of aliphatic hydroxyl groups is 1. The van der Waals surface area contributed by atoms with Crippen molar-refractivity contribution in [1.82, 2.24) is 0 Å². The minimum Gasteiger partial charge on any atom is -0.390 e. The van der Waals surface area contributed by atoms with Gasteiger partial charge in [-0.2, -0.15) is 0 Å². The first-order valence-corrected chi connectivity index (χ1v) is 6.20. The molecule has 1 aliphatic carbocycles. The molecule has 0 aromatic heterocycles. The lowest BCUT2D eigenvalue weighted by Crippen LogP contribution is -2.53. The Morgan fingerprint density at radius 1 is 1.13 bits per heavy atom. The van der Waals surface area contributed by atoms with Gasteiger partial charge in [-0.15, -0.1) is 0 Å². The van der Waals surface area contributed by atoms with Crippen molar-refractivity contribution >= 4 is 0 Å². The Labute approximate surface area is 92.8 Å². The predicted molar refractivity (Wildman–Crippen MR) is 59.9 cm³/mol. The summed E-state index contributed by atoms with van der Waals surface area (Å²) < 4.78 is 11.1. The molecule has 0 bridgehead atoms. The second kappa shape index (κ2) is 7.20. The van der Waals surface area contributed by atoms with E-state index in [0.29, 0.717) is 6.61 Å². The van der Waals surface area contributed by atoms with E-state index >= 15 is 0 Å². The third kappa shape index (κ3) is 4.09. The van der Waals surface area contributed by atoms with Gasteiger partial charge in [0.25, 0.3) is 0 Å². The van der Waals surface area contributed by atoms with Gasteiger partial charge in [-0.1, -0.05) is 26.2 Å². The van der Waals surface area contributed by atoms with Crippen LogP contribution in [-0.4, -0.2) is 36.6 Å². The highest BCUT2D eigenvalue weighted by Gasteiger charge is 2.41. The molecule has 3 atom stereocenters. The Balaban J connectivity index is 2.01. The number of hydrogen-bond acceptors (Lipinski definition) is 3. The first-order valence-electron chi connectivity index (χ1n) is 6.20. The lowest BCUT2D eigenvalue weighted by Gasteiger charge is -2.40. The van der Waals surface area contributed by atoms with Crippen molar-refractivity contribution < 1.29 is 14.6 Å². The topological polar surface area (TPSA) is 38.7 Å².